The second kappa shape index (κ2) is 5.09. The Hall–Kier alpha value is -1.42. The van der Waals surface area contributed by atoms with Crippen molar-refractivity contribution in [3.05, 3.63) is 24.0 Å². The summed E-state index contributed by atoms with van der Waals surface area (Å²) >= 11 is 0. The first-order valence-electron chi connectivity index (χ1n) is 8.09. The molecule has 4 heteroatoms. The van der Waals surface area contributed by atoms with E-state index in [0.29, 0.717) is 17.5 Å². The predicted molar refractivity (Wildman–Crippen MR) is 79.3 cm³/mol. The average Bonchev–Trinajstić information content (AvgIpc) is 2.46. The molecule has 0 aliphatic heterocycles. The number of aliphatic hydroxyl groups is 1. The van der Waals surface area contributed by atoms with Crippen LogP contribution in [0.3, 0.4) is 0 Å². The van der Waals surface area contributed by atoms with Crippen LogP contribution < -0.4 is 5.32 Å². The summed E-state index contributed by atoms with van der Waals surface area (Å²) in [6.07, 6.45) is 9.65. The Labute approximate surface area is 125 Å². The number of hydrogen-bond acceptors (Lipinski definition) is 3. The fraction of sp³-hybridized carbons (Fsp3) is 0.647. The van der Waals surface area contributed by atoms with Crippen molar-refractivity contribution in [1.82, 2.24) is 4.98 Å². The number of pyridine rings is 1. The fourth-order valence-corrected chi connectivity index (χ4v) is 5.24. The predicted octanol–water partition coefficient (Wildman–Crippen LogP) is 2.58. The summed E-state index contributed by atoms with van der Waals surface area (Å²) in [6, 6.07) is 1.76. The van der Waals surface area contributed by atoms with Crippen LogP contribution in [0.2, 0.25) is 0 Å². The van der Waals surface area contributed by atoms with Crippen LogP contribution in [-0.4, -0.2) is 16.0 Å². The number of anilines is 1. The van der Waals surface area contributed by atoms with Gasteiger partial charge < -0.3 is 10.4 Å². The Balaban J connectivity index is 1.53. The molecule has 2 N–H and O–H groups in total. The summed E-state index contributed by atoms with van der Waals surface area (Å²) in [5.41, 5.74) is 1.40. The fourth-order valence-electron chi connectivity index (χ4n) is 5.24. The molecule has 4 aliphatic carbocycles. The number of nitrogens with zero attached hydrogens (tertiary/aromatic N) is 1. The molecule has 4 fully saturated rings. The average molecular weight is 286 g/mol. The molecule has 4 nitrogen and oxygen atoms in total. The zero-order valence-electron chi connectivity index (χ0n) is 12.2. The molecule has 4 aliphatic rings. The van der Waals surface area contributed by atoms with Crippen molar-refractivity contribution in [3.63, 3.8) is 0 Å². The lowest BCUT2D eigenvalue weighted by atomic mass is 9.51. The highest BCUT2D eigenvalue weighted by Gasteiger charge is 2.50. The first kappa shape index (κ1) is 13.3. The van der Waals surface area contributed by atoms with Gasteiger partial charge in [-0.25, -0.2) is 0 Å². The molecule has 21 heavy (non-hydrogen) atoms. The van der Waals surface area contributed by atoms with E-state index in [4.69, 9.17) is 0 Å². The number of aliphatic hydroxyl groups excluding tert-OH is 1. The van der Waals surface area contributed by atoms with Gasteiger partial charge in [0.05, 0.1) is 18.5 Å². The van der Waals surface area contributed by atoms with Crippen molar-refractivity contribution in [3.8, 4) is 0 Å². The van der Waals surface area contributed by atoms with Crippen molar-refractivity contribution < 1.29 is 9.90 Å². The number of nitrogens with one attached hydrogen (secondary N) is 1. The second-order valence-corrected chi connectivity index (χ2v) is 7.14. The van der Waals surface area contributed by atoms with Crippen molar-refractivity contribution in [1.29, 1.82) is 0 Å². The van der Waals surface area contributed by atoms with Crippen molar-refractivity contribution >= 4 is 11.6 Å². The van der Waals surface area contributed by atoms with Crippen LogP contribution >= 0.6 is 0 Å². The number of aromatic nitrogens is 1. The minimum atomic E-state index is -0.0696. The lowest BCUT2D eigenvalue weighted by molar-refractivity contribution is -0.132. The summed E-state index contributed by atoms with van der Waals surface area (Å²) in [4.78, 5) is 16.8. The Kier molecular flexibility index (Phi) is 3.21. The molecule has 0 unspecified atom stereocenters. The normalized spacial score (nSPS) is 36.7. The molecule has 5 rings (SSSR count). The summed E-state index contributed by atoms with van der Waals surface area (Å²) in [5.74, 6) is 3.23. The van der Waals surface area contributed by atoms with Gasteiger partial charge in [0, 0.05) is 17.7 Å². The van der Waals surface area contributed by atoms with E-state index in [2.05, 4.69) is 10.3 Å². The zero-order valence-corrected chi connectivity index (χ0v) is 12.2. The molecule has 1 aromatic heterocycles. The highest BCUT2D eigenvalue weighted by Crippen LogP contribution is 2.56. The highest BCUT2D eigenvalue weighted by atomic mass is 16.3. The topological polar surface area (TPSA) is 62.2 Å². The van der Waals surface area contributed by atoms with Gasteiger partial charge in [-0.15, -0.1) is 0 Å². The summed E-state index contributed by atoms with van der Waals surface area (Å²) < 4.78 is 0. The van der Waals surface area contributed by atoms with Crippen molar-refractivity contribution in [2.75, 3.05) is 5.32 Å². The molecule has 0 spiro atoms. The maximum absolute atomic E-state index is 12.8. The molecular weight excluding hydrogens is 264 g/mol. The monoisotopic (exact) mass is 286 g/mol. The van der Waals surface area contributed by atoms with E-state index in [1.807, 2.05) is 0 Å². The first-order valence-corrected chi connectivity index (χ1v) is 8.09. The SMILES string of the molecule is O=C(Nc1cnccc1CO)C1C2CC3CC(C2)CC1C3. The molecule has 0 saturated heterocycles. The Morgan fingerprint density at radius 1 is 1.19 bits per heavy atom. The number of rotatable bonds is 3. The smallest absolute Gasteiger partial charge is 0.228 e. The molecule has 0 atom stereocenters. The second-order valence-electron chi connectivity index (χ2n) is 7.14. The molecule has 4 bridgehead atoms. The number of hydrogen-bond donors (Lipinski definition) is 2. The molecule has 0 radical (unpaired) electrons. The van der Waals surface area contributed by atoms with E-state index in [-0.39, 0.29) is 18.4 Å². The lowest BCUT2D eigenvalue weighted by Crippen LogP contribution is -2.49. The van der Waals surface area contributed by atoms with E-state index < -0.39 is 0 Å². The van der Waals surface area contributed by atoms with E-state index >= 15 is 0 Å². The van der Waals surface area contributed by atoms with E-state index in [1.54, 1.807) is 18.5 Å². The van der Waals surface area contributed by atoms with Gasteiger partial charge in [-0.2, -0.15) is 0 Å². The minimum Gasteiger partial charge on any atom is -0.392 e. The van der Waals surface area contributed by atoms with Crippen LogP contribution in [0.5, 0.6) is 0 Å². The van der Waals surface area contributed by atoms with Gasteiger partial charge in [0.2, 0.25) is 5.91 Å². The van der Waals surface area contributed by atoms with Crippen LogP contribution in [-0.2, 0) is 11.4 Å². The number of amides is 1. The van der Waals surface area contributed by atoms with Gasteiger partial charge in [-0.1, -0.05) is 0 Å². The third-order valence-corrected chi connectivity index (χ3v) is 5.87. The molecule has 1 heterocycles. The molecule has 4 saturated carbocycles. The number of carbonyl (C=O) groups is 1. The highest BCUT2D eigenvalue weighted by molar-refractivity contribution is 5.93. The van der Waals surface area contributed by atoms with Crippen molar-refractivity contribution in [2.24, 2.45) is 29.6 Å². The molecule has 1 amide bonds. The molecule has 1 aromatic rings. The minimum absolute atomic E-state index is 0.0696. The van der Waals surface area contributed by atoms with E-state index in [9.17, 15) is 9.90 Å². The van der Waals surface area contributed by atoms with Gasteiger partial charge in [-0.3, -0.25) is 9.78 Å². The maximum atomic E-state index is 12.8. The summed E-state index contributed by atoms with van der Waals surface area (Å²) in [5, 5.41) is 12.4. The van der Waals surface area contributed by atoms with Gasteiger partial charge >= 0.3 is 0 Å². The largest absolute Gasteiger partial charge is 0.392 e. The first-order chi connectivity index (χ1) is 10.2. The maximum Gasteiger partial charge on any atom is 0.228 e. The Morgan fingerprint density at radius 3 is 2.48 bits per heavy atom. The summed E-state index contributed by atoms with van der Waals surface area (Å²) in [7, 11) is 0. The molecular formula is C17H22N2O2. The van der Waals surface area contributed by atoms with Gasteiger partial charge in [0.25, 0.3) is 0 Å². The van der Waals surface area contributed by atoms with Crippen LogP contribution in [0.15, 0.2) is 18.5 Å². The van der Waals surface area contributed by atoms with E-state index in [0.717, 1.165) is 17.4 Å². The third-order valence-electron chi connectivity index (χ3n) is 5.87. The lowest BCUT2D eigenvalue weighted by Gasteiger charge is -2.53. The van der Waals surface area contributed by atoms with Crippen molar-refractivity contribution in [2.45, 2.75) is 38.7 Å². The molecule has 112 valence electrons. The van der Waals surface area contributed by atoms with Gasteiger partial charge in [0.1, 0.15) is 0 Å². The van der Waals surface area contributed by atoms with Gasteiger partial charge in [-0.05, 0) is 61.8 Å². The third kappa shape index (κ3) is 2.26. The number of carbonyl (C=O) groups excluding carboxylic acids is 1. The van der Waals surface area contributed by atoms with Crippen LogP contribution in [0.25, 0.3) is 0 Å². The van der Waals surface area contributed by atoms with Crippen LogP contribution in [0.4, 0.5) is 5.69 Å². The van der Waals surface area contributed by atoms with Crippen LogP contribution in [0, 0.1) is 29.6 Å². The summed E-state index contributed by atoms with van der Waals surface area (Å²) in [6.45, 7) is -0.0696. The zero-order chi connectivity index (χ0) is 14.4. The quantitative estimate of drug-likeness (QED) is 0.897. The molecule has 0 aromatic carbocycles. The standard InChI is InChI=1S/C17H22N2O2/c20-9-12-1-2-18-8-15(12)19-17(21)16-13-4-10-3-11(6-13)7-14(16)5-10/h1-2,8,10-11,13-14,16,20H,3-7,9H2,(H,19,21). The van der Waals surface area contributed by atoms with Crippen LogP contribution in [0.1, 0.15) is 37.7 Å². The van der Waals surface area contributed by atoms with E-state index in [1.165, 1.54) is 32.1 Å². The Bertz CT molecular complexity index is 529. The Morgan fingerprint density at radius 2 is 1.86 bits per heavy atom. The van der Waals surface area contributed by atoms with Gasteiger partial charge in [0.15, 0.2) is 0 Å².